The molecular formula is C43H64S. The van der Waals surface area contributed by atoms with Crippen molar-refractivity contribution in [3.05, 3.63) is 70.1 Å². The van der Waals surface area contributed by atoms with Gasteiger partial charge in [-0.3, -0.25) is 0 Å². The zero-order valence-electron chi connectivity index (χ0n) is 29.1. The lowest BCUT2D eigenvalue weighted by Crippen LogP contribution is -2.25. The Labute approximate surface area is 276 Å². The first-order chi connectivity index (χ1) is 21.6. The predicted octanol–water partition coefficient (Wildman–Crippen LogP) is 14.9. The van der Waals surface area contributed by atoms with Gasteiger partial charge in [0.25, 0.3) is 0 Å². The fourth-order valence-electron chi connectivity index (χ4n) is 7.84. The van der Waals surface area contributed by atoms with Gasteiger partial charge in [0.05, 0.1) is 0 Å². The maximum Gasteiger partial charge on any atom is 0.0345 e. The number of rotatable bonds is 23. The third kappa shape index (κ3) is 9.82. The Morgan fingerprint density at radius 3 is 1.41 bits per heavy atom. The molecule has 0 fully saturated rings. The molecule has 1 aliphatic carbocycles. The summed E-state index contributed by atoms with van der Waals surface area (Å²) in [6, 6.07) is 19.4. The third-order valence-corrected chi connectivity index (χ3v) is 11.5. The number of benzene rings is 2. The molecule has 242 valence electrons. The van der Waals surface area contributed by atoms with E-state index in [1.165, 1.54) is 173 Å². The molecule has 4 rings (SSSR count). The van der Waals surface area contributed by atoms with E-state index in [4.69, 9.17) is 0 Å². The SMILES string of the molecule is CCCCCCCCCCCCC1(CCCCCCCCCCCC)c2cc(C)ccc2-c2ccc(-c3ccc(C)s3)cc21. The second-order valence-electron chi connectivity index (χ2n) is 14.2. The summed E-state index contributed by atoms with van der Waals surface area (Å²) in [6.45, 7) is 9.17. The van der Waals surface area contributed by atoms with Gasteiger partial charge in [0.1, 0.15) is 0 Å². The van der Waals surface area contributed by atoms with E-state index in [9.17, 15) is 0 Å². The largest absolute Gasteiger partial charge is 0.141 e. The summed E-state index contributed by atoms with van der Waals surface area (Å²) in [5.74, 6) is 0. The molecule has 1 aliphatic rings. The summed E-state index contributed by atoms with van der Waals surface area (Å²) >= 11 is 1.94. The lowest BCUT2D eigenvalue weighted by Gasteiger charge is -2.33. The number of unbranched alkanes of at least 4 members (excludes halogenated alkanes) is 18. The Morgan fingerprint density at radius 1 is 0.477 bits per heavy atom. The summed E-state index contributed by atoms with van der Waals surface area (Å²) in [7, 11) is 0. The average Bonchev–Trinajstić information content (AvgIpc) is 3.58. The van der Waals surface area contributed by atoms with Gasteiger partial charge in [0.2, 0.25) is 0 Å². The van der Waals surface area contributed by atoms with Crippen LogP contribution in [0.25, 0.3) is 21.6 Å². The first kappa shape index (κ1) is 35.0. The van der Waals surface area contributed by atoms with Gasteiger partial charge in [-0.05, 0) is 72.7 Å². The van der Waals surface area contributed by atoms with E-state index in [2.05, 4.69) is 76.2 Å². The molecule has 0 nitrogen and oxygen atoms in total. The number of hydrogen-bond donors (Lipinski definition) is 0. The van der Waals surface area contributed by atoms with Gasteiger partial charge >= 0.3 is 0 Å². The molecule has 0 saturated carbocycles. The maximum atomic E-state index is 2.61. The highest BCUT2D eigenvalue weighted by molar-refractivity contribution is 7.15. The molecule has 1 aromatic heterocycles. The van der Waals surface area contributed by atoms with Crippen molar-refractivity contribution in [2.45, 2.75) is 174 Å². The molecule has 1 heteroatoms. The molecule has 0 bridgehead atoms. The molecule has 1 heterocycles. The van der Waals surface area contributed by atoms with Gasteiger partial charge in [-0.1, -0.05) is 178 Å². The van der Waals surface area contributed by atoms with Crippen molar-refractivity contribution in [2.24, 2.45) is 0 Å². The van der Waals surface area contributed by atoms with Crippen LogP contribution < -0.4 is 0 Å². The Morgan fingerprint density at radius 2 is 0.932 bits per heavy atom. The van der Waals surface area contributed by atoms with Crippen LogP contribution in [0.1, 0.15) is 177 Å². The third-order valence-electron chi connectivity index (χ3n) is 10.5. The smallest absolute Gasteiger partial charge is 0.0345 e. The molecule has 0 spiro atoms. The van der Waals surface area contributed by atoms with Crippen LogP contribution >= 0.6 is 11.3 Å². The minimum Gasteiger partial charge on any atom is -0.141 e. The second kappa shape index (κ2) is 19.0. The van der Waals surface area contributed by atoms with Gasteiger partial charge in [-0.15, -0.1) is 11.3 Å². The highest BCUT2D eigenvalue weighted by atomic mass is 32.1. The molecule has 0 atom stereocenters. The summed E-state index contributed by atoms with van der Waals surface area (Å²) in [6.07, 6.45) is 30.7. The van der Waals surface area contributed by atoms with Gasteiger partial charge in [0, 0.05) is 15.2 Å². The highest BCUT2D eigenvalue weighted by Crippen LogP contribution is 2.55. The van der Waals surface area contributed by atoms with Crippen molar-refractivity contribution in [3.8, 4) is 21.6 Å². The number of aryl methyl sites for hydroxylation is 2. The fraction of sp³-hybridized carbons (Fsp3) is 0.628. The van der Waals surface area contributed by atoms with Crippen molar-refractivity contribution in [1.82, 2.24) is 0 Å². The monoisotopic (exact) mass is 612 g/mol. The molecular weight excluding hydrogens is 549 g/mol. The van der Waals surface area contributed by atoms with E-state index < -0.39 is 0 Å². The molecule has 44 heavy (non-hydrogen) atoms. The van der Waals surface area contributed by atoms with Crippen LogP contribution in [0.3, 0.4) is 0 Å². The van der Waals surface area contributed by atoms with Crippen LogP contribution in [-0.4, -0.2) is 0 Å². The first-order valence-corrected chi connectivity index (χ1v) is 19.7. The molecule has 2 aromatic carbocycles. The zero-order chi connectivity index (χ0) is 31.0. The number of hydrogen-bond acceptors (Lipinski definition) is 1. The molecule has 0 saturated heterocycles. The summed E-state index contributed by atoms with van der Waals surface area (Å²) in [5.41, 5.74) is 9.30. The maximum absolute atomic E-state index is 2.61. The first-order valence-electron chi connectivity index (χ1n) is 18.9. The van der Waals surface area contributed by atoms with E-state index in [-0.39, 0.29) is 5.41 Å². The van der Waals surface area contributed by atoms with Crippen molar-refractivity contribution < 1.29 is 0 Å². The van der Waals surface area contributed by atoms with Crippen LogP contribution in [-0.2, 0) is 5.41 Å². The minimum absolute atomic E-state index is 0.166. The van der Waals surface area contributed by atoms with Gasteiger partial charge < -0.3 is 0 Å². The van der Waals surface area contributed by atoms with E-state index in [1.54, 1.807) is 11.1 Å². The summed E-state index contributed by atoms with van der Waals surface area (Å²) in [5, 5.41) is 0. The quantitative estimate of drug-likeness (QED) is 0.0934. The van der Waals surface area contributed by atoms with Gasteiger partial charge in [-0.25, -0.2) is 0 Å². The lowest BCUT2D eigenvalue weighted by atomic mass is 9.70. The Bertz CT molecular complexity index is 1210. The summed E-state index contributed by atoms with van der Waals surface area (Å²) in [4.78, 5) is 2.82. The molecule has 0 unspecified atom stereocenters. The van der Waals surface area contributed by atoms with Crippen LogP contribution in [0.15, 0.2) is 48.5 Å². The molecule has 0 N–H and O–H groups in total. The van der Waals surface area contributed by atoms with Crippen LogP contribution in [0.4, 0.5) is 0 Å². The number of fused-ring (bicyclic) bond motifs is 3. The van der Waals surface area contributed by atoms with E-state index >= 15 is 0 Å². The zero-order valence-corrected chi connectivity index (χ0v) is 29.9. The molecule has 0 radical (unpaired) electrons. The van der Waals surface area contributed by atoms with Gasteiger partial charge in [-0.2, -0.15) is 0 Å². The Hall–Kier alpha value is -1.86. The van der Waals surface area contributed by atoms with E-state index in [1.807, 2.05) is 11.3 Å². The average molecular weight is 613 g/mol. The number of thiophene rings is 1. The van der Waals surface area contributed by atoms with Crippen molar-refractivity contribution in [2.75, 3.05) is 0 Å². The standard InChI is InChI=1S/C43H64S/c1-5-7-9-11-13-15-17-19-21-23-31-43(32-24-22-20-18-16-14-12-10-8-6-2)40-33-35(3)25-28-38(40)39-29-27-37(34-41(39)43)42-30-26-36(4)44-42/h25-30,33-34H,5-24,31-32H2,1-4H3. The summed E-state index contributed by atoms with van der Waals surface area (Å²) < 4.78 is 0. The van der Waals surface area contributed by atoms with Crippen LogP contribution in [0.5, 0.6) is 0 Å². The lowest BCUT2D eigenvalue weighted by molar-refractivity contribution is 0.397. The van der Waals surface area contributed by atoms with E-state index in [0.29, 0.717) is 0 Å². The fourth-order valence-corrected chi connectivity index (χ4v) is 8.71. The Kier molecular flexibility index (Phi) is 15.1. The van der Waals surface area contributed by atoms with Crippen LogP contribution in [0, 0.1) is 13.8 Å². The van der Waals surface area contributed by atoms with Crippen molar-refractivity contribution in [3.63, 3.8) is 0 Å². The molecule has 3 aromatic rings. The second-order valence-corrected chi connectivity index (χ2v) is 15.5. The molecule has 0 amide bonds. The van der Waals surface area contributed by atoms with Crippen LogP contribution in [0.2, 0.25) is 0 Å². The van der Waals surface area contributed by atoms with E-state index in [0.717, 1.165) is 0 Å². The highest BCUT2D eigenvalue weighted by Gasteiger charge is 2.42. The van der Waals surface area contributed by atoms with Crippen molar-refractivity contribution >= 4 is 11.3 Å². The molecule has 0 aliphatic heterocycles. The minimum atomic E-state index is 0.166. The van der Waals surface area contributed by atoms with Gasteiger partial charge in [0.15, 0.2) is 0 Å². The Balaban J connectivity index is 1.46. The van der Waals surface area contributed by atoms with Crippen molar-refractivity contribution in [1.29, 1.82) is 0 Å². The predicted molar refractivity (Wildman–Crippen MR) is 198 cm³/mol. The normalized spacial score (nSPS) is 13.4. The topological polar surface area (TPSA) is 0 Å².